The lowest BCUT2D eigenvalue weighted by Crippen LogP contribution is -2.11. The summed E-state index contributed by atoms with van der Waals surface area (Å²) in [6.45, 7) is 2.06. The number of benzene rings is 1. The second kappa shape index (κ2) is 6.87. The molecule has 0 spiro atoms. The normalized spacial score (nSPS) is 13.0. The van der Waals surface area contributed by atoms with Gasteiger partial charge in [-0.1, -0.05) is 31.9 Å². The van der Waals surface area contributed by atoms with Gasteiger partial charge >= 0.3 is 6.18 Å². The monoisotopic (exact) mass is 267 g/mol. The van der Waals surface area contributed by atoms with Gasteiger partial charge in [-0.3, -0.25) is 0 Å². The first-order chi connectivity index (χ1) is 7.45. The van der Waals surface area contributed by atoms with Crippen LogP contribution in [0.5, 0.6) is 0 Å². The molecule has 0 bridgehead atoms. The van der Waals surface area contributed by atoms with Crippen LogP contribution in [0, 0.1) is 0 Å². The third kappa shape index (κ3) is 4.96. The van der Waals surface area contributed by atoms with Gasteiger partial charge in [0.2, 0.25) is 0 Å². The number of nitrogens with two attached hydrogens (primary N) is 1. The Morgan fingerprint density at radius 3 is 2.12 bits per heavy atom. The molecular formula is C12H17ClF3N. The summed E-state index contributed by atoms with van der Waals surface area (Å²) in [5, 5.41) is 0. The Morgan fingerprint density at radius 2 is 1.71 bits per heavy atom. The molecule has 1 nitrogen and oxygen atoms in total. The highest BCUT2D eigenvalue weighted by atomic mass is 35.5. The van der Waals surface area contributed by atoms with Crippen LogP contribution in [-0.4, -0.2) is 0 Å². The molecule has 0 fully saturated rings. The minimum absolute atomic E-state index is 0. The Hall–Kier alpha value is -0.740. The van der Waals surface area contributed by atoms with Crippen molar-refractivity contribution < 1.29 is 13.2 Å². The summed E-state index contributed by atoms with van der Waals surface area (Å²) in [6, 6.07) is 4.93. The van der Waals surface area contributed by atoms with Gasteiger partial charge in [0.05, 0.1) is 5.56 Å². The van der Waals surface area contributed by atoms with Crippen molar-refractivity contribution in [1.82, 2.24) is 0 Å². The summed E-state index contributed by atoms with van der Waals surface area (Å²) >= 11 is 0. The summed E-state index contributed by atoms with van der Waals surface area (Å²) in [4.78, 5) is 0. The van der Waals surface area contributed by atoms with Gasteiger partial charge in [0.1, 0.15) is 0 Å². The molecule has 1 rings (SSSR count). The van der Waals surface area contributed by atoms with Crippen molar-refractivity contribution in [1.29, 1.82) is 0 Å². The van der Waals surface area contributed by atoms with Gasteiger partial charge in [-0.05, 0) is 24.1 Å². The average Bonchev–Trinajstić information content (AvgIpc) is 2.25. The van der Waals surface area contributed by atoms with Crippen molar-refractivity contribution in [2.45, 2.75) is 38.4 Å². The highest BCUT2D eigenvalue weighted by molar-refractivity contribution is 5.85. The first-order valence-corrected chi connectivity index (χ1v) is 5.38. The SMILES string of the molecule is CCCC[C@@H](N)c1ccc(C(F)(F)F)cc1.Cl. The number of alkyl halides is 3. The van der Waals surface area contributed by atoms with E-state index in [1.807, 2.05) is 0 Å². The molecule has 1 atom stereocenters. The first-order valence-electron chi connectivity index (χ1n) is 5.38. The average molecular weight is 268 g/mol. The van der Waals surface area contributed by atoms with Crippen molar-refractivity contribution in [2.24, 2.45) is 5.73 Å². The Morgan fingerprint density at radius 1 is 1.18 bits per heavy atom. The number of rotatable bonds is 4. The van der Waals surface area contributed by atoms with Gasteiger partial charge in [0, 0.05) is 6.04 Å². The maximum Gasteiger partial charge on any atom is 0.416 e. The topological polar surface area (TPSA) is 26.0 Å². The lowest BCUT2D eigenvalue weighted by Gasteiger charge is -2.13. The van der Waals surface area contributed by atoms with Crippen LogP contribution in [0.15, 0.2) is 24.3 Å². The minimum Gasteiger partial charge on any atom is -0.324 e. The third-order valence-corrected chi connectivity index (χ3v) is 2.53. The van der Waals surface area contributed by atoms with E-state index < -0.39 is 11.7 Å². The second-order valence-corrected chi connectivity index (χ2v) is 3.87. The van der Waals surface area contributed by atoms with E-state index in [2.05, 4.69) is 6.92 Å². The van der Waals surface area contributed by atoms with Crippen LogP contribution in [-0.2, 0) is 6.18 Å². The van der Waals surface area contributed by atoms with Crippen LogP contribution in [0.25, 0.3) is 0 Å². The maximum absolute atomic E-state index is 12.3. The van der Waals surface area contributed by atoms with E-state index in [1.54, 1.807) is 0 Å². The number of hydrogen-bond donors (Lipinski definition) is 1. The van der Waals surface area contributed by atoms with E-state index in [-0.39, 0.29) is 18.4 Å². The van der Waals surface area contributed by atoms with E-state index in [0.29, 0.717) is 0 Å². The molecule has 0 saturated heterocycles. The molecule has 2 N–H and O–H groups in total. The van der Waals surface area contributed by atoms with E-state index in [4.69, 9.17) is 5.73 Å². The summed E-state index contributed by atoms with van der Waals surface area (Å²) < 4.78 is 36.9. The molecule has 0 unspecified atom stereocenters. The zero-order chi connectivity index (χ0) is 12.2. The third-order valence-electron chi connectivity index (χ3n) is 2.53. The molecule has 5 heteroatoms. The van der Waals surface area contributed by atoms with Gasteiger partial charge in [-0.25, -0.2) is 0 Å². The van der Waals surface area contributed by atoms with Crippen molar-refractivity contribution in [3.05, 3.63) is 35.4 Å². The standard InChI is InChI=1S/C12H16F3N.ClH/c1-2-3-4-11(16)9-5-7-10(8-6-9)12(13,14)15;/h5-8,11H,2-4,16H2,1H3;1H/t11-;/m1./s1. The second-order valence-electron chi connectivity index (χ2n) is 3.87. The van der Waals surface area contributed by atoms with Crippen molar-refractivity contribution in [2.75, 3.05) is 0 Å². The van der Waals surface area contributed by atoms with Gasteiger partial charge in [0.25, 0.3) is 0 Å². The van der Waals surface area contributed by atoms with Crippen molar-refractivity contribution in [3.8, 4) is 0 Å². The molecule has 0 radical (unpaired) electrons. The van der Waals surface area contributed by atoms with Gasteiger partial charge in [0.15, 0.2) is 0 Å². The highest BCUT2D eigenvalue weighted by Crippen LogP contribution is 2.30. The molecule has 0 aliphatic carbocycles. The number of halogens is 4. The molecule has 0 saturated carbocycles. The highest BCUT2D eigenvalue weighted by Gasteiger charge is 2.30. The minimum atomic E-state index is -4.27. The Labute approximate surface area is 106 Å². The van der Waals surface area contributed by atoms with Crippen LogP contribution >= 0.6 is 12.4 Å². The fraction of sp³-hybridized carbons (Fsp3) is 0.500. The number of hydrogen-bond acceptors (Lipinski definition) is 1. The molecule has 0 amide bonds. The van der Waals surface area contributed by atoms with E-state index >= 15 is 0 Å². The molecule has 1 aromatic carbocycles. The van der Waals surface area contributed by atoms with E-state index in [0.717, 1.165) is 37.0 Å². The molecule has 1 aromatic rings. The Bertz CT molecular complexity index is 322. The molecule has 0 aliphatic heterocycles. The summed E-state index contributed by atoms with van der Waals surface area (Å²) in [5.41, 5.74) is 6.00. The van der Waals surface area contributed by atoms with Gasteiger partial charge in [-0.15, -0.1) is 12.4 Å². The van der Waals surface area contributed by atoms with Crippen LogP contribution in [0.4, 0.5) is 13.2 Å². The van der Waals surface area contributed by atoms with Crippen LogP contribution < -0.4 is 5.73 Å². The molecule has 98 valence electrons. The summed E-state index contributed by atoms with van der Waals surface area (Å²) in [5.74, 6) is 0. The quantitative estimate of drug-likeness (QED) is 0.864. The fourth-order valence-corrected chi connectivity index (χ4v) is 1.51. The number of unbranched alkanes of at least 4 members (excludes halogenated alkanes) is 1. The predicted octanol–water partition coefficient (Wildman–Crippen LogP) is 4.32. The van der Waals surface area contributed by atoms with E-state index in [9.17, 15) is 13.2 Å². The predicted molar refractivity (Wildman–Crippen MR) is 65.1 cm³/mol. The Kier molecular flexibility index (Phi) is 6.57. The van der Waals surface area contributed by atoms with Crippen molar-refractivity contribution in [3.63, 3.8) is 0 Å². The molecule has 0 aromatic heterocycles. The van der Waals surface area contributed by atoms with E-state index in [1.165, 1.54) is 12.1 Å². The first kappa shape index (κ1) is 16.3. The zero-order valence-corrected chi connectivity index (χ0v) is 10.4. The molecule has 17 heavy (non-hydrogen) atoms. The molecule has 0 heterocycles. The molecular weight excluding hydrogens is 251 g/mol. The van der Waals surface area contributed by atoms with Crippen LogP contribution in [0.1, 0.15) is 43.4 Å². The van der Waals surface area contributed by atoms with Crippen LogP contribution in [0.3, 0.4) is 0 Å². The zero-order valence-electron chi connectivity index (χ0n) is 9.63. The van der Waals surface area contributed by atoms with Crippen molar-refractivity contribution >= 4 is 12.4 Å². The lowest BCUT2D eigenvalue weighted by atomic mass is 10.0. The molecule has 0 aliphatic rings. The fourth-order valence-electron chi connectivity index (χ4n) is 1.51. The summed E-state index contributed by atoms with van der Waals surface area (Å²) in [7, 11) is 0. The van der Waals surface area contributed by atoms with Gasteiger partial charge in [-0.2, -0.15) is 13.2 Å². The van der Waals surface area contributed by atoms with Crippen LogP contribution in [0.2, 0.25) is 0 Å². The lowest BCUT2D eigenvalue weighted by molar-refractivity contribution is -0.137. The Balaban J connectivity index is 0.00000256. The maximum atomic E-state index is 12.3. The largest absolute Gasteiger partial charge is 0.416 e. The smallest absolute Gasteiger partial charge is 0.324 e. The summed E-state index contributed by atoms with van der Waals surface area (Å²) in [6.07, 6.45) is -1.44. The van der Waals surface area contributed by atoms with Gasteiger partial charge < -0.3 is 5.73 Å².